The Morgan fingerprint density at radius 3 is 2.39 bits per heavy atom. The minimum atomic E-state index is -4.73. The van der Waals surface area contributed by atoms with Crippen LogP contribution in [0.1, 0.15) is 28.9 Å². The zero-order valence-electron chi connectivity index (χ0n) is 11.9. The molecule has 2 rings (SSSR count). The van der Waals surface area contributed by atoms with Crippen molar-refractivity contribution in [2.75, 3.05) is 0 Å². The molecule has 0 spiro atoms. The van der Waals surface area contributed by atoms with E-state index in [9.17, 15) is 18.0 Å². The Morgan fingerprint density at radius 1 is 1.22 bits per heavy atom. The van der Waals surface area contributed by atoms with Crippen molar-refractivity contribution < 1.29 is 22.7 Å². The topological polar surface area (TPSA) is 51.2 Å². The molecular weight excluding hydrogens is 333 g/mol. The lowest BCUT2D eigenvalue weighted by Crippen LogP contribution is -2.26. The van der Waals surface area contributed by atoms with E-state index in [0.29, 0.717) is 11.1 Å². The number of amides is 1. The van der Waals surface area contributed by atoms with Gasteiger partial charge in [-0.25, -0.2) is 4.98 Å². The number of nitrogens with zero attached hydrogens (tertiary/aromatic N) is 1. The zero-order valence-corrected chi connectivity index (χ0v) is 12.7. The maximum absolute atomic E-state index is 12.1. The molecule has 0 saturated heterocycles. The number of hydrogen-bond donors (Lipinski definition) is 1. The number of hydrogen-bond acceptors (Lipinski definition) is 3. The molecule has 1 unspecified atom stereocenters. The first-order chi connectivity index (χ1) is 10.7. The van der Waals surface area contributed by atoms with Crippen molar-refractivity contribution in [3.8, 4) is 5.75 Å². The average molecular weight is 345 g/mol. The van der Waals surface area contributed by atoms with Crippen LogP contribution in [0, 0.1) is 0 Å². The fourth-order valence-corrected chi connectivity index (χ4v) is 1.94. The first-order valence-corrected chi connectivity index (χ1v) is 6.90. The summed E-state index contributed by atoms with van der Waals surface area (Å²) in [4.78, 5) is 15.8. The van der Waals surface area contributed by atoms with Gasteiger partial charge in [-0.3, -0.25) is 4.79 Å². The average Bonchev–Trinajstić information content (AvgIpc) is 2.46. The van der Waals surface area contributed by atoms with Crippen molar-refractivity contribution in [2.45, 2.75) is 19.3 Å². The summed E-state index contributed by atoms with van der Waals surface area (Å²) in [7, 11) is 0. The molecule has 4 nitrogen and oxygen atoms in total. The third-order valence-corrected chi connectivity index (χ3v) is 3.17. The number of aromatic nitrogens is 1. The first kappa shape index (κ1) is 17.1. The van der Waals surface area contributed by atoms with Gasteiger partial charge in [0, 0.05) is 6.20 Å². The molecular formula is C15H12ClF3N2O2. The number of ether oxygens (including phenoxy) is 1. The Labute approximate surface area is 135 Å². The van der Waals surface area contributed by atoms with Crippen molar-refractivity contribution in [2.24, 2.45) is 0 Å². The minimum absolute atomic E-state index is 0.273. The number of pyridine rings is 1. The number of benzene rings is 1. The molecule has 0 aliphatic carbocycles. The fourth-order valence-electron chi connectivity index (χ4n) is 1.83. The van der Waals surface area contributed by atoms with Gasteiger partial charge in [-0.2, -0.15) is 0 Å². The van der Waals surface area contributed by atoms with Crippen molar-refractivity contribution in [1.29, 1.82) is 0 Å². The van der Waals surface area contributed by atoms with Crippen LogP contribution in [0.15, 0.2) is 42.6 Å². The van der Waals surface area contributed by atoms with Gasteiger partial charge in [-0.15, -0.1) is 13.2 Å². The molecule has 0 saturated carbocycles. The Morgan fingerprint density at radius 2 is 1.87 bits per heavy atom. The van der Waals surface area contributed by atoms with Crippen LogP contribution in [0.3, 0.4) is 0 Å². The monoisotopic (exact) mass is 344 g/mol. The highest BCUT2D eigenvalue weighted by atomic mass is 35.5. The van der Waals surface area contributed by atoms with Gasteiger partial charge >= 0.3 is 6.36 Å². The number of rotatable bonds is 4. The molecule has 1 heterocycles. The molecule has 0 aliphatic rings. The minimum Gasteiger partial charge on any atom is -0.406 e. The van der Waals surface area contributed by atoms with E-state index in [1.165, 1.54) is 42.6 Å². The maximum atomic E-state index is 12.1. The van der Waals surface area contributed by atoms with Crippen molar-refractivity contribution in [3.63, 3.8) is 0 Å². The highest BCUT2D eigenvalue weighted by Gasteiger charge is 2.31. The summed E-state index contributed by atoms with van der Waals surface area (Å²) in [6.45, 7) is 1.71. The zero-order chi connectivity index (χ0) is 17.0. The number of carbonyl (C=O) groups is 1. The highest BCUT2D eigenvalue weighted by molar-refractivity contribution is 6.29. The van der Waals surface area contributed by atoms with Gasteiger partial charge in [-0.1, -0.05) is 23.7 Å². The molecule has 1 amide bonds. The number of alkyl halides is 3. The Kier molecular flexibility index (Phi) is 5.10. The Bertz CT molecular complexity index is 673. The lowest BCUT2D eigenvalue weighted by molar-refractivity contribution is -0.274. The van der Waals surface area contributed by atoms with E-state index in [0.717, 1.165) is 0 Å². The third kappa shape index (κ3) is 5.14. The Balaban J connectivity index is 2.01. The van der Waals surface area contributed by atoms with E-state index in [4.69, 9.17) is 11.6 Å². The highest BCUT2D eigenvalue weighted by Crippen LogP contribution is 2.24. The van der Waals surface area contributed by atoms with Gasteiger partial charge < -0.3 is 10.1 Å². The van der Waals surface area contributed by atoms with Crippen LogP contribution in [0.25, 0.3) is 0 Å². The third-order valence-electron chi connectivity index (χ3n) is 2.95. The van der Waals surface area contributed by atoms with E-state index < -0.39 is 12.4 Å². The van der Waals surface area contributed by atoms with Crippen LogP contribution < -0.4 is 10.1 Å². The van der Waals surface area contributed by atoms with Crippen LogP contribution in [0.5, 0.6) is 5.75 Å². The molecule has 0 fully saturated rings. The van der Waals surface area contributed by atoms with Gasteiger partial charge in [0.1, 0.15) is 10.9 Å². The molecule has 1 aromatic heterocycles. The van der Waals surface area contributed by atoms with E-state index in [1.807, 2.05) is 0 Å². The second-order valence-electron chi connectivity index (χ2n) is 4.68. The second kappa shape index (κ2) is 6.87. The molecule has 8 heteroatoms. The Hall–Kier alpha value is -2.28. The maximum Gasteiger partial charge on any atom is 0.573 e. The standard InChI is InChI=1S/C15H12ClF3N2O2/c1-9(21-14(22)11-4-7-13(16)20-8-11)10-2-5-12(6-3-10)23-15(17,18)19/h2-9H,1H3,(H,21,22). The lowest BCUT2D eigenvalue weighted by Gasteiger charge is -2.15. The second-order valence-corrected chi connectivity index (χ2v) is 5.07. The summed E-state index contributed by atoms with van der Waals surface area (Å²) >= 11 is 5.64. The smallest absolute Gasteiger partial charge is 0.406 e. The molecule has 0 aliphatic heterocycles. The van der Waals surface area contributed by atoms with Crippen molar-refractivity contribution in [1.82, 2.24) is 10.3 Å². The van der Waals surface area contributed by atoms with Gasteiger partial charge in [0.15, 0.2) is 0 Å². The molecule has 0 bridgehead atoms. The summed E-state index contributed by atoms with van der Waals surface area (Å²) in [5.41, 5.74) is 0.966. The summed E-state index contributed by atoms with van der Waals surface area (Å²) in [6, 6.07) is 7.89. The van der Waals surface area contributed by atoms with E-state index >= 15 is 0 Å². The van der Waals surface area contributed by atoms with Crippen LogP contribution in [-0.2, 0) is 0 Å². The number of halogens is 4. The van der Waals surface area contributed by atoms with Gasteiger partial charge in [-0.05, 0) is 36.8 Å². The number of nitrogens with one attached hydrogen (secondary N) is 1. The molecule has 122 valence electrons. The summed E-state index contributed by atoms with van der Waals surface area (Å²) < 4.78 is 40.1. The summed E-state index contributed by atoms with van der Waals surface area (Å²) in [5, 5.41) is 2.99. The lowest BCUT2D eigenvalue weighted by atomic mass is 10.1. The van der Waals surface area contributed by atoms with Crippen LogP contribution >= 0.6 is 11.6 Å². The molecule has 1 aromatic carbocycles. The van der Waals surface area contributed by atoms with E-state index in [2.05, 4.69) is 15.0 Å². The molecule has 0 radical (unpaired) electrons. The van der Waals surface area contributed by atoms with Crippen LogP contribution in [0.2, 0.25) is 5.15 Å². The van der Waals surface area contributed by atoms with Crippen LogP contribution in [-0.4, -0.2) is 17.3 Å². The summed E-state index contributed by atoms with van der Waals surface area (Å²) in [5.74, 6) is -0.682. The fraction of sp³-hybridized carbons (Fsp3) is 0.200. The molecule has 23 heavy (non-hydrogen) atoms. The van der Waals surface area contributed by atoms with E-state index in [-0.39, 0.29) is 16.8 Å². The van der Waals surface area contributed by atoms with E-state index in [1.54, 1.807) is 6.92 Å². The predicted molar refractivity (Wildman–Crippen MR) is 78.3 cm³/mol. The molecule has 1 N–H and O–H groups in total. The molecule has 2 aromatic rings. The van der Waals surface area contributed by atoms with Crippen molar-refractivity contribution >= 4 is 17.5 Å². The normalized spacial score (nSPS) is 12.6. The predicted octanol–water partition coefficient (Wildman–Crippen LogP) is 4.12. The first-order valence-electron chi connectivity index (χ1n) is 6.53. The van der Waals surface area contributed by atoms with Gasteiger partial charge in [0.05, 0.1) is 11.6 Å². The van der Waals surface area contributed by atoms with Crippen molar-refractivity contribution in [3.05, 3.63) is 58.9 Å². The van der Waals surface area contributed by atoms with Crippen LogP contribution in [0.4, 0.5) is 13.2 Å². The molecule has 1 atom stereocenters. The van der Waals surface area contributed by atoms with Gasteiger partial charge in [0.25, 0.3) is 5.91 Å². The summed E-state index contributed by atoms with van der Waals surface area (Å²) in [6.07, 6.45) is -3.40. The SMILES string of the molecule is CC(NC(=O)c1ccc(Cl)nc1)c1ccc(OC(F)(F)F)cc1. The quantitative estimate of drug-likeness (QED) is 0.849. The largest absolute Gasteiger partial charge is 0.573 e. The number of carbonyl (C=O) groups excluding carboxylic acids is 1. The van der Waals surface area contributed by atoms with Gasteiger partial charge in [0.2, 0.25) is 0 Å².